The van der Waals surface area contributed by atoms with Gasteiger partial charge < -0.3 is 14.8 Å². The van der Waals surface area contributed by atoms with Crippen molar-refractivity contribution in [2.75, 3.05) is 18.5 Å². The zero-order valence-electron chi connectivity index (χ0n) is 13.2. The van der Waals surface area contributed by atoms with E-state index in [4.69, 9.17) is 21.1 Å². The molecule has 0 heterocycles. The van der Waals surface area contributed by atoms with Crippen LogP contribution in [0.5, 0.6) is 11.5 Å². The molecule has 0 radical (unpaired) electrons. The molecule has 0 bridgehead atoms. The fourth-order valence-corrected chi connectivity index (χ4v) is 2.12. The average molecular weight is 374 g/mol. The Bertz CT molecular complexity index is 750. The lowest BCUT2D eigenvalue weighted by Gasteiger charge is -2.12. The lowest BCUT2D eigenvalue weighted by atomic mass is 10.2. The molecule has 0 aliphatic carbocycles. The van der Waals surface area contributed by atoms with E-state index in [2.05, 4.69) is 5.32 Å². The van der Waals surface area contributed by atoms with Crippen LogP contribution < -0.4 is 14.8 Å². The molecule has 0 aliphatic heterocycles. The third-order valence-corrected chi connectivity index (χ3v) is 3.38. The Kier molecular flexibility index (Phi) is 6.14. The minimum atomic E-state index is -4.53. The molecule has 2 aromatic rings. The van der Waals surface area contributed by atoms with Gasteiger partial charge in [-0.05, 0) is 37.3 Å². The van der Waals surface area contributed by atoms with Crippen LogP contribution in [-0.4, -0.2) is 19.1 Å². The molecule has 2 rings (SSSR count). The third kappa shape index (κ3) is 5.56. The zero-order chi connectivity index (χ0) is 18.4. The van der Waals surface area contributed by atoms with Gasteiger partial charge in [-0.25, -0.2) is 0 Å². The highest BCUT2D eigenvalue weighted by molar-refractivity contribution is 6.33. The topological polar surface area (TPSA) is 47.6 Å². The lowest BCUT2D eigenvalue weighted by Crippen LogP contribution is -2.20. The number of hydrogen-bond acceptors (Lipinski definition) is 3. The smallest absolute Gasteiger partial charge is 0.416 e. The number of halogens is 4. The first-order valence-electron chi connectivity index (χ1n) is 7.32. The molecule has 0 atom stereocenters. The van der Waals surface area contributed by atoms with E-state index in [0.717, 1.165) is 18.2 Å². The van der Waals surface area contributed by atoms with Crippen LogP contribution in [0.1, 0.15) is 12.5 Å². The summed E-state index contributed by atoms with van der Waals surface area (Å²) in [4.78, 5) is 11.9. The van der Waals surface area contributed by atoms with Crippen molar-refractivity contribution < 1.29 is 27.4 Å². The fraction of sp³-hybridized carbons (Fsp3) is 0.235. The average Bonchev–Trinajstić information content (AvgIpc) is 2.55. The van der Waals surface area contributed by atoms with Crippen LogP contribution in [0.15, 0.2) is 42.5 Å². The number of benzene rings is 2. The van der Waals surface area contributed by atoms with Crippen molar-refractivity contribution in [3.8, 4) is 11.5 Å². The highest BCUT2D eigenvalue weighted by Crippen LogP contribution is 2.33. The highest BCUT2D eigenvalue weighted by atomic mass is 35.5. The molecule has 4 nitrogen and oxygen atoms in total. The molecule has 1 amide bonds. The van der Waals surface area contributed by atoms with Crippen molar-refractivity contribution in [2.24, 2.45) is 0 Å². The van der Waals surface area contributed by atoms with Gasteiger partial charge in [-0.1, -0.05) is 17.7 Å². The summed E-state index contributed by atoms with van der Waals surface area (Å²) >= 11 is 5.82. The first kappa shape index (κ1) is 18.9. The summed E-state index contributed by atoms with van der Waals surface area (Å²) in [7, 11) is 0. The van der Waals surface area contributed by atoms with E-state index in [1.54, 1.807) is 24.3 Å². The first-order chi connectivity index (χ1) is 11.8. The zero-order valence-corrected chi connectivity index (χ0v) is 13.9. The maximum atomic E-state index is 12.7. The van der Waals surface area contributed by atoms with Gasteiger partial charge in [0, 0.05) is 6.07 Å². The predicted molar refractivity (Wildman–Crippen MR) is 88.2 cm³/mol. The lowest BCUT2D eigenvalue weighted by molar-refractivity contribution is -0.137. The summed E-state index contributed by atoms with van der Waals surface area (Å²) in [6, 6.07) is 9.36. The summed E-state index contributed by atoms with van der Waals surface area (Å²) in [5.41, 5.74) is -1.04. The van der Waals surface area contributed by atoms with Crippen LogP contribution in [0.3, 0.4) is 0 Å². The van der Waals surface area contributed by atoms with Crippen LogP contribution in [0.25, 0.3) is 0 Å². The second kappa shape index (κ2) is 8.11. The van der Waals surface area contributed by atoms with Gasteiger partial charge in [0.2, 0.25) is 0 Å². The number of carbonyl (C=O) groups is 1. The molecule has 0 aromatic heterocycles. The normalized spacial score (nSPS) is 11.1. The number of carbonyl (C=O) groups excluding carboxylic acids is 1. The van der Waals surface area contributed by atoms with E-state index in [1.807, 2.05) is 6.92 Å². The second-order valence-corrected chi connectivity index (χ2v) is 5.34. The minimum Gasteiger partial charge on any atom is -0.494 e. The van der Waals surface area contributed by atoms with Gasteiger partial charge in [0.15, 0.2) is 6.61 Å². The van der Waals surface area contributed by atoms with Gasteiger partial charge in [0.25, 0.3) is 5.91 Å². The fourth-order valence-electron chi connectivity index (χ4n) is 1.95. The van der Waals surface area contributed by atoms with Gasteiger partial charge >= 0.3 is 6.18 Å². The molecular formula is C17H15ClF3NO3. The summed E-state index contributed by atoms with van der Waals surface area (Å²) in [6.07, 6.45) is -4.53. The Morgan fingerprint density at radius 1 is 1.12 bits per heavy atom. The van der Waals surface area contributed by atoms with Crippen molar-refractivity contribution in [3.63, 3.8) is 0 Å². The maximum Gasteiger partial charge on any atom is 0.416 e. The SMILES string of the molecule is CCOc1cccc(OCC(=O)Nc2cc(C(F)(F)F)ccc2Cl)c1. The second-order valence-electron chi connectivity index (χ2n) is 4.94. The summed E-state index contributed by atoms with van der Waals surface area (Å²) < 4.78 is 48.8. The van der Waals surface area contributed by atoms with Crippen molar-refractivity contribution in [1.29, 1.82) is 0 Å². The van der Waals surface area contributed by atoms with Gasteiger partial charge in [-0.15, -0.1) is 0 Å². The largest absolute Gasteiger partial charge is 0.494 e. The summed E-state index contributed by atoms with van der Waals surface area (Å²) in [5, 5.41) is 2.31. The van der Waals surface area contributed by atoms with Gasteiger partial charge in [0.1, 0.15) is 11.5 Å². The van der Waals surface area contributed by atoms with E-state index < -0.39 is 17.6 Å². The Balaban J connectivity index is 2.00. The number of amides is 1. The quantitative estimate of drug-likeness (QED) is 0.793. The molecule has 25 heavy (non-hydrogen) atoms. The van der Waals surface area contributed by atoms with Crippen molar-refractivity contribution in [3.05, 3.63) is 53.1 Å². The van der Waals surface area contributed by atoms with Crippen LogP contribution in [-0.2, 0) is 11.0 Å². The number of nitrogens with one attached hydrogen (secondary N) is 1. The number of ether oxygens (including phenoxy) is 2. The van der Waals surface area contributed by atoms with Crippen LogP contribution in [0.4, 0.5) is 18.9 Å². The summed E-state index contributed by atoms with van der Waals surface area (Å²) in [5.74, 6) is 0.348. The Morgan fingerprint density at radius 2 is 1.80 bits per heavy atom. The molecule has 134 valence electrons. The molecule has 1 N–H and O–H groups in total. The monoisotopic (exact) mass is 373 g/mol. The highest BCUT2D eigenvalue weighted by Gasteiger charge is 2.31. The Labute approximate surface area is 147 Å². The third-order valence-electron chi connectivity index (χ3n) is 3.05. The van der Waals surface area contributed by atoms with Crippen LogP contribution in [0, 0.1) is 0 Å². The molecule has 0 aliphatic rings. The number of anilines is 1. The van der Waals surface area contributed by atoms with Gasteiger partial charge in [-0.2, -0.15) is 13.2 Å². The van der Waals surface area contributed by atoms with Gasteiger partial charge in [-0.3, -0.25) is 4.79 Å². The molecule has 0 saturated heterocycles. The van der Waals surface area contributed by atoms with E-state index in [-0.39, 0.29) is 17.3 Å². The van der Waals surface area contributed by atoms with E-state index in [0.29, 0.717) is 18.1 Å². The molecule has 8 heteroatoms. The van der Waals surface area contributed by atoms with Gasteiger partial charge in [0.05, 0.1) is 22.9 Å². The van der Waals surface area contributed by atoms with Crippen molar-refractivity contribution in [1.82, 2.24) is 0 Å². The van der Waals surface area contributed by atoms with E-state index >= 15 is 0 Å². The summed E-state index contributed by atoms with van der Waals surface area (Å²) in [6.45, 7) is 1.93. The van der Waals surface area contributed by atoms with Crippen molar-refractivity contribution in [2.45, 2.75) is 13.1 Å². The van der Waals surface area contributed by atoms with Crippen molar-refractivity contribution >= 4 is 23.2 Å². The first-order valence-corrected chi connectivity index (χ1v) is 7.69. The minimum absolute atomic E-state index is 0.000284. The number of hydrogen-bond donors (Lipinski definition) is 1. The Morgan fingerprint density at radius 3 is 2.44 bits per heavy atom. The number of alkyl halides is 3. The maximum absolute atomic E-state index is 12.7. The molecule has 0 saturated carbocycles. The molecule has 0 unspecified atom stereocenters. The molecule has 0 spiro atoms. The molecular weight excluding hydrogens is 359 g/mol. The Hall–Kier alpha value is -2.41. The van der Waals surface area contributed by atoms with Crippen LogP contribution in [0.2, 0.25) is 5.02 Å². The standard InChI is InChI=1S/C17H15ClF3NO3/c1-2-24-12-4-3-5-13(9-12)25-10-16(23)22-15-8-11(17(19,20)21)6-7-14(15)18/h3-9H,2,10H2,1H3,(H,22,23). The van der Waals surface area contributed by atoms with E-state index in [9.17, 15) is 18.0 Å². The predicted octanol–water partition coefficient (Wildman–Crippen LogP) is 4.78. The van der Waals surface area contributed by atoms with Crippen LogP contribution >= 0.6 is 11.6 Å². The molecule has 0 fully saturated rings. The molecule has 2 aromatic carbocycles. The number of rotatable bonds is 6. The van der Waals surface area contributed by atoms with E-state index in [1.165, 1.54) is 0 Å².